The van der Waals surface area contributed by atoms with Crippen LogP contribution < -0.4 is 5.73 Å². The average molecular weight is 240 g/mol. The van der Waals surface area contributed by atoms with E-state index in [1.165, 1.54) is 5.69 Å². The SMILES string of the molecule is Cc1nc(CN2CCN(C)CC2CN)cs1. The Hall–Kier alpha value is -0.490. The summed E-state index contributed by atoms with van der Waals surface area (Å²) in [5.74, 6) is 0. The van der Waals surface area contributed by atoms with E-state index in [0.29, 0.717) is 6.04 Å². The monoisotopic (exact) mass is 240 g/mol. The first-order valence-electron chi connectivity index (χ1n) is 5.72. The molecule has 5 heteroatoms. The number of likely N-dealkylation sites (N-methyl/N-ethyl adjacent to an activating group) is 1. The zero-order valence-corrected chi connectivity index (χ0v) is 10.8. The van der Waals surface area contributed by atoms with Gasteiger partial charge in [-0.3, -0.25) is 4.90 Å². The smallest absolute Gasteiger partial charge is 0.0897 e. The summed E-state index contributed by atoms with van der Waals surface area (Å²) in [6.07, 6.45) is 0. The largest absolute Gasteiger partial charge is 0.329 e. The second kappa shape index (κ2) is 5.23. The number of nitrogens with zero attached hydrogens (tertiary/aromatic N) is 3. The van der Waals surface area contributed by atoms with Crippen LogP contribution in [0.15, 0.2) is 5.38 Å². The number of nitrogens with two attached hydrogens (primary N) is 1. The molecule has 1 aromatic heterocycles. The Morgan fingerprint density at radius 1 is 1.56 bits per heavy atom. The van der Waals surface area contributed by atoms with Crippen molar-refractivity contribution in [3.63, 3.8) is 0 Å². The van der Waals surface area contributed by atoms with Gasteiger partial charge < -0.3 is 10.6 Å². The minimum absolute atomic E-state index is 0.473. The van der Waals surface area contributed by atoms with E-state index in [1.54, 1.807) is 11.3 Å². The third-order valence-electron chi connectivity index (χ3n) is 3.11. The molecular formula is C11H20N4S. The quantitative estimate of drug-likeness (QED) is 0.837. The van der Waals surface area contributed by atoms with Crippen molar-refractivity contribution in [1.29, 1.82) is 0 Å². The fourth-order valence-electron chi connectivity index (χ4n) is 2.17. The molecule has 1 aromatic rings. The van der Waals surface area contributed by atoms with Gasteiger partial charge in [0.2, 0.25) is 0 Å². The van der Waals surface area contributed by atoms with Gasteiger partial charge in [-0.2, -0.15) is 0 Å². The molecule has 2 N–H and O–H groups in total. The first kappa shape index (κ1) is 12.0. The van der Waals surface area contributed by atoms with Gasteiger partial charge in [0.25, 0.3) is 0 Å². The number of hydrogen-bond acceptors (Lipinski definition) is 5. The maximum atomic E-state index is 5.83. The highest BCUT2D eigenvalue weighted by Crippen LogP contribution is 2.14. The standard InChI is InChI=1S/C11H20N4S/c1-9-13-10(8-16-9)6-15-4-3-14(2)7-11(15)5-12/h8,11H,3-7,12H2,1-2H3. The number of thiazole rings is 1. The van der Waals surface area contributed by atoms with Gasteiger partial charge in [0.15, 0.2) is 0 Å². The second-order valence-corrected chi connectivity index (χ2v) is 5.54. The first-order chi connectivity index (χ1) is 7.69. The Labute approximate surface area is 101 Å². The Morgan fingerprint density at radius 2 is 2.38 bits per heavy atom. The molecule has 1 aliphatic rings. The molecular weight excluding hydrogens is 220 g/mol. The van der Waals surface area contributed by atoms with Crippen LogP contribution in [0.1, 0.15) is 10.7 Å². The van der Waals surface area contributed by atoms with E-state index >= 15 is 0 Å². The molecule has 0 saturated carbocycles. The highest BCUT2D eigenvalue weighted by Gasteiger charge is 2.24. The maximum absolute atomic E-state index is 5.83. The van der Waals surface area contributed by atoms with Gasteiger partial charge in [0.05, 0.1) is 10.7 Å². The van der Waals surface area contributed by atoms with Gasteiger partial charge in [-0.15, -0.1) is 11.3 Å². The van der Waals surface area contributed by atoms with Crippen LogP contribution in [0.3, 0.4) is 0 Å². The number of hydrogen-bond donors (Lipinski definition) is 1. The lowest BCUT2D eigenvalue weighted by molar-refractivity contribution is 0.0871. The van der Waals surface area contributed by atoms with Gasteiger partial charge in [-0.25, -0.2) is 4.98 Å². The van der Waals surface area contributed by atoms with Gasteiger partial charge in [0.1, 0.15) is 0 Å². The molecule has 0 bridgehead atoms. The predicted molar refractivity (Wildman–Crippen MR) is 67.6 cm³/mol. The van der Waals surface area contributed by atoms with Crippen LogP contribution >= 0.6 is 11.3 Å². The molecule has 4 nitrogen and oxygen atoms in total. The highest BCUT2D eigenvalue weighted by atomic mass is 32.1. The van der Waals surface area contributed by atoms with Crippen molar-refractivity contribution in [2.45, 2.75) is 19.5 Å². The lowest BCUT2D eigenvalue weighted by Crippen LogP contribution is -2.54. The molecule has 0 amide bonds. The fourth-order valence-corrected chi connectivity index (χ4v) is 2.77. The van der Waals surface area contributed by atoms with Gasteiger partial charge >= 0.3 is 0 Å². The van der Waals surface area contributed by atoms with E-state index in [-0.39, 0.29) is 0 Å². The molecule has 0 spiro atoms. The van der Waals surface area contributed by atoms with Gasteiger partial charge in [-0.1, -0.05) is 0 Å². The van der Waals surface area contributed by atoms with Crippen molar-refractivity contribution in [1.82, 2.24) is 14.8 Å². The zero-order chi connectivity index (χ0) is 11.5. The van der Waals surface area contributed by atoms with Crippen LogP contribution in [0.4, 0.5) is 0 Å². The normalized spacial score (nSPS) is 23.8. The summed E-state index contributed by atoms with van der Waals surface area (Å²) >= 11 is 1.72. The predicted octanol–water partition coefficient (Wildman–Crippen LogP) is 0.526. The Kier molecular flexibility index (Phi) is 3.91. The zero-order valence-electron chi connectivity index (χ0n) is 10.0. The van der Waals surface area contributed by atoms with Crippen molar-refractivity contribution < 1.29 is 0 Å². The molecule has 16 heavy (non-hydrogen) atoms. The van der Waals surface area contributed by atoms with E-state index in [4.69, 9.17) is 5.73 Å². The molecule has 1 saturated heterocycles. The van der Waals surface area contributed by atoms with Crippen LogP contribution in [-0.4, -0.2) is 54.1 Å². The van der Waals surface area contributed by atoms with E-state index in [1.807, 2.05) is 0 Å². The molecule has 1 atom stereocenters. The van der Waals surface area contributed by atoms with E-state index in [2.05, 4.69) is 34.1 Å². The number of aromatic nitrogens is 1. The van der Waals surface area contributed by atoms with Gasteiger partial charge in [0, 0.05) is 44.1 Å². The van der Waals surface area contributed by atoms with Crippen LogP contribution in [0.5, 0.6) is 0 Å². The summed E-state index contributed by atoms with van der Waals surface area (Å²) in [7, 11) is 2.16. The minimum atomic E-state index is 0.473. The average Bonchev–Trinajstić information content (AvgIpc) is 2.67. The molecule has 0 radical (unpaired) electrons. The third-order valence-corrected chi connectivity index (χ3v) is 3.93. The highest BCUT2D eigenvalue weighted by molar-refractivity contribution is 7.09. The summed E-state index contributed by atoms with van der Waals surface area (Å²) in [4.78, 5) is 9.32. The van der Waals surface area contributed by atoms with E-state index in [0.717, 1.165) is 37.7 Å². The Morgan fingerprint density at radius 3 is 3.00 bits per heavy atom. The molecule has 1 fully saturated rings. The summed E-state index contributed by atoms with van der Waals surface area (Å²) in [6.45, 7) is 7.01. The van der Waals surface area contributed by atoms with Crippen LogP contribution in [0.25, 0.3) is 0 Å². The molecule has 0 aromatic carbocycles. The summed E-state index contributed by atoms with van der Waals surface area (Å²) in [6, 6.07) is 0.473. The molecule has 1 unspecified atom stereocenters. The van der Waals surface area contributed by atoms with E-state index < -0.39 is 0 Å². The van der Waals surface area contributed by atoms with Crippen molar-refractivity contribution in [2.75, 3.05) is 33.2 Å². The van der Waals surface area contributed by atoms with Crippen molar-refractivity contribution in [3.8, 4) is 0 Å². The van der Waals surface area contributed by atoms with Crippen LogP contribution in [0, 0.1) is 6.92 Å². The van der Waals surface area contributed by atoms with Crippen LogP contribution in [-0.2, 0) is 6.54 Å². The minimum Gasteiger partial charge on any atom is -0.329 e. The fraction of sp³-hybridized carbons (Fsp3) is 0.727. The molecule has 2 rings (SSSR count). The van der Waals surface area contributed by atoms with Crippen molar-refractivity contribution >= 4 is 11.3 Å². The Balaban J connectivity index is 1.97. The lowest BCUT2D eigenvalue weighted by atomic mass is 10.1. The topological polar surface area (TPSA) is 45.4 Å². The number of aryl methyl sites for hydroxylation is 1. The van der Waals surface area contributed by atoms with E-state index in [9.17, 15) is 0 Å². The summed E-state index contributed by atoms with van der Waals surface area (Å²) in [5, 5.41) is 3.30. The molecule has 2 heterocycles. The summed E-state index contributed by atoms with van der Waals surface area (Å²) in [5.41, 5.74) is 7.01. The van der Waals surface area contributed by atoms with Crippen molar-refractivity contribution in [2.24, 2.45) is 5.73 Å². The Bertz CT molecular complexity index is 338. The number of piperazine rings is 1. The molecule has 1 aliphatic heterocycles. The maximum Gasteiger partial charge on any atom is 0.0897 e. The lowest BCUT2D eigenvalue weighted by Gasteiger charge is -2.39. The second-order valence-electron chi connectivity index (χ2n) is 4.48. The number of rotatable bonds is 3. The van der Waals surface area contributed by atoms with Gasteiger partial charge in [-0.05, 0) is 14.0 Å². The first-order valence-corrected chi connectivity index (χ1v) is 6.60. The summed E-state index contributed by atoms with van der Waals surface area (Å²) < 4.78 is 0. The molecule has 90 valence electrons. The molecule has 0 aliphatic carbocycles. The van der Waals surface area contributed by atoms with Crippen LogP contribution in [0.2, 0.25) is 0 Å². The third kappa shape index (κ3) is 2.79. The van der Waals surface area contributed by atoms with Crippen molar-refractivity contribution in [3.05, 3.63) is 16.1 Å².